The highest BCUT2D eigenvalue weighted by Gasteiger charge is 2.19. The Balaban J connectivity index is 2.44. The van der Waals surface area contributed by atoms with E-state index in [0.717, 1.165) is 5.69 Å². The van der Waals surface area contributed by atoms with Crippen LogP contribution in [0.4, 0.5) is 4.79 Å². The van der Waals surface area contributed by atoms with Crippen molar-refractivity contribution in [2.75, 3.05) is 6.54 Å². The van der Waals surface area contributed by atoms with Crippen molar-refractivity contribution in [3.05, 3.63) is 16.6 Å². The molecule has 0 aliphatic rings. The van der Waals surface area contributed by atoms with Crippen LogP contribution in [0.25, 0.3) is 0 Å². The summed E-state index contributed by atoms with van der Waals surface area (Å²) in [5.74, 6) is 0. The van der Waals surface area contributed by atoms with Crippen LogP contribution >= 0.6 is 11.3 Å². The van der Waals surface area contributed by atoms with Crippen LogP contribution in [0.3, 0.4) is 0 Å². The highest BCUT2D eigenvalue weighted by Crippen LogP contribution is 2.08. The van der Waals surface area contributed by atoms with Crippen LogP contribution in [0.15, 0.2) is 10.9 Å². The molecule has 17 heavy (non-hydrogen) atoms. The number of nitrogens with one attached hydrogen (secondary N) is 1. The second-order valence-corrected chi connectivity index (χ2v) is 5.48. The fourth-order valence-corrected chi connectivity index (χ4v) is 1.83. The van der Waals surface area contributed by atoms with E-state index in [-0.39, 0.29) is 6.04 Å². The predicted octanol–water partition coefficient (Wildman–Crippen LogP) is 1.54. The third-order valence-electron chi connectivity index (χ3n) is 1.94. The molecule has 0 aliphatic heterocycles. The number of rotatable bonds is 4. The Bertz CT molecular complexity index is 346. The van der Waals surface area contributed by atoms with Gasteiger partial charge >= 0.3 is 6.09 Å². The number of hydrogen-bond donors (Lipinski definition) is 2. The average Bonchev–Trinajstić information content (AvgIpc) is 2.66. The standard InChI is InChI=1S/C11H19N3O2S/c1-11(2,3)16-10(15)14-8(5-12)4-9-6-17-7-13-9/h6-8H,4-5,12H2,1-3H3,(H,14,15). The van der Waals surface area contributed by atoms with Gasteiger partial charge in [0, 0.05) is 24.4 Å². The molecule has 0 spiro atoms. The number of ether oxygens (including phenoxy) is 1. The molecule has 0 fully saturated rings. The van der Waals surface area contributed by atoms with E-state index in [1.165, 1.54) is 11.3 Å². The van der Waals surface area contributed by atoms with E-state index in [9.17, 15) is 4.79 Å². The van der Waals surface area contributed by atoms with Crippen molar-refractivity contribution in [1.29, 1.82) is 0 Å². The van der Waals surface area contributed by atoms with Crippen LogP contribution in [0.5, 0.6) is 0 Å². The van der Waals surface area contributed by atoms with Crippen molar-refractivity contribution < 1.29 is 9.53 Å². The Hall–Kier alpha value is -1.14. The molecule has 1 amide bonds. The van der Waals surface area contributed by atoms with Crippen LogP contribution < -0.4 is 11.1 Å². The van der Waals surface area contributed by atoms with E-state index in [1.54, 1.807) is 5.51 Å². The first-order chi connectivity index (χ1) is 7.90. The average molecular weight is 257 g/mol. The third kappa shape index (κ3) is 5.65. The number of nitrogens with two attached hydrogens (primary N) is 1. The molecule has 1 heterocycles. The molecule has 3 N–H and O–H groups in total. The van der Waals surface area contributed by atoms with Gasteiger partial charge < -0.3 is 15.8 Å². The summed E-state index contributed by atoms with van der Waals surface area (Å²) in [4.78, 5) is 15.7. The Kier molecular flexibility index (Phi) is 4.89. The number of carbonyl (C=O) groups excluding carboxylic acids is 1. The molecule has 96 valence electrons. The summed E-state index contributed by atoms with van der Waals surface area (Å²) in [6.45, 7) is 5.83. The summed E-state index contributed by atoms with van der Waals surface area (Å²) in [5, 5.41) is 4.68. The van der Waals surface area contributed by atoms with Crippen molar-refractivity contribution >= 4 is 17.4 Å². The van der Waals surface area contributed by atoms with Crippen molar-refractivity contribution in [3.8, 4) is 0 Å². The van der Waals surface area contributed by atoms with E-state index in [0.29, 0.717) is 13.0 Å². The van der Waals surface area contributed by atoms with Gasteiger partial charge in [-0.25, -0.2) is 9.78 Å². The maximum absolute atomic E-state index is 11.5. The van der Waals surface area contributed by atoms with Crippen molar-refractivity contribution in [2.45, 2.75) is 38.8 Å². The van der Waals surface area contributed by atoms with Gasteiger partial charge in [-0.1, -0.05) is 0 Å². The molecule has 1 aromatic rings. The minimum absolute atomic E-state index is 0.146. The SMILES string of the molecule is CC(C)(C)OC(=O)NC(CN)Cc1cscn1. The third-order valence-corrected chi connectivity index (χ3v) is 2.58. The van der Waals surface area contributed by atoms with Gasteiger partial charge in [0.05, 0.1) is 11.2 Å². The Morgan fingerprint density at radius 2 is 2.35 bits per heavy atom. The topological polar surface area (TPSA) is 77.2 Å². The number of thiazole rings is 1. The summed E-state index contributed by atoms with van der Waals surface area (Å²) in [6.07, 6.45) is 0.183. The summed E-state index contributed by atoms with van der Waals surface area (Å²) in [5.41, 5.74) is 7.80. The van der Waals surface area contributed by atoms with E-state index in [1.807, 2.05) is 26.2 Å². The monoisotopic (exact) mass is 257 g/mol. The fourth-order valence-electron chi connectivity index (χ4n) is 1.26. The van der Waals surface area contributed by atoms with E-state index < -0.39 is 11.7 Å². The lowest BCUT2D eigenvalue weighted by Gasteiger charge is -2.22. The van der Waals surface area contributed by atoms with Gasteiger partial charge in [-0.05, 0) is 20.8 Å². The number of hydrogen-bond acceptors (Lipinski definition) is 5. The molecule has 5 nitrogen and oxygen atoms in total. The quantitative estimate of drug-likeness (QED) is 0.857. The zero-order valence-electron chi connectivity index (χ0n) is 10.4. The summed E-state index contributed by atoms with van der Waals surface area (Å²) in [6, 6.07) is -0.146. The van der Waals surface area contributed by atoms with E-state index in [4.69, 9.17) is 10.5 Å². The predicted molar refractivity (Wildman–Crippen MR) is 68.0 cm³/mol. The lowest BCUT2D eigenvalue weighted by Crippen LogP contribution is -2.44. The molecule has 1 atom stereocenters. The summed E-state index contributed by atoms with van der Waals surface area (Å²) >= 11 is 1.53. The highest BCUT2D eigenvalue weighted by molar-refractivity contribution is 7.07. The van der Waals surface area contributed by atoms with Gasteiger partial charge in [0.15, 0.2) is 0 Å². The van der Waals surface area contributed by atoms with Crippen molar-refractivity contribution in [2.24, 2.45) is 5.73 Å². The first-order valence-corrected chi connectivity index (χ1v) is 6.41. The lowest BCUT2D eigenvalue weighted by molar-refractivity contribution is 0.0506. The van der Waals surface area contributed by atoms with Crippen LogP contribution in [0, 0.1) is 0 Å². The summed E-state index contributed by atoms with van der Waals surface area (Å²) < 4.78 is 5.17. The van der Waals surface area contributed by atoms with Crippen molar-refractivity contribution in [1.82, 2.24) is 10.3 Å². The highest BCUT2D eigenvalue weighted by atomic mass is 32.1. The zero-order chi connectivity index (χ0) is 12.9. The van der Waals surface area contributed by atoms with Crippen molar-refractivity contribution in [3.63, 3.8) is 0 Å². The lowest BCUT2D eigenvalue weighted by atomic mass is 10.2. The molecule has 1 aromatic heterocycles. The number of carbonyl (C=O) groups is 1. The smallest absolute Gasteiger partial charge is 0.407 e. The van der Waals surface area contributed by atoms with Crippen LogP contribution in [-0.2, 0) is 11.2 Å². The molecule has 1 rings (SSSR count). The Labute approximate surface area is 105 Å². The van der Waals surface area contributed by atoms with E-state index >= 15 is 0 Å². The Morgan fingerprint density at radius 1 is 1.65 bits per heavy atom. The number of alkyl carbamates (subject to hydrolysis) is 1. The van der Waals surface area contributed by atoms with Gasteiger partial charge in [-0.3, -0.25) is 0 Å². The van der Waals surface area contributed by atoms with Gasteiger partial charge in [0.2, 0.25) is 0 Å². The molecule has 0 aliphatic carbocycles. The largest absolute Gasteiger partial charge is 0.444 e. The number of nitrogens with zero attached hydrogens (tertiary/aromatic N) is 1. The summed E-state index contributed by atoms with van der Waals surface area (Å²) in [7, 11) is 0. The molecular formula is C11H19N3O2S. The molecule has 0 bridgehead atoms. The Morgan fingerprint density at radius 3 is 2.82 bits per heavy atom. The molecule has 6 heteroatoms. The van der Waals surface area contributed by atoms with Gasteiger partial charge in [0.1, 0.15) is 5.60 Å². The maximum atomic E-state index is 11.5. The molecular weight excluding hydrogens is 238 g/mol. The van der Waals surface area contributed by atoms with Crippen LogP contribution in [0.1, 0.15) is 26.5 Å². The second kappa shape index (κ2) is 5.97. The fraction of sp³-hybridized carbons (Fsp3) is 0.636. The zero-order valence-corrected chi connectivity index (χ0v) is 11.2. The minimum Gasteiger partial charge on any atom is -0.444 e. The second-order valence-electron chi connectivity index (χ2n) is 4.76. The molecule has 0 aromatic carbocycles. The van der Waals surface area contributed by atoms with Gasteiger partial charge in [-0.2, -0.15) is 0 Å². The first kappa shape index (κ1) is 13.9. The number of aromatic nitrogens is 1. The van der Waals surface area contributed by atoms with E-state index in [2.05, 4.69) is 10.3 Å². The van der Waals surface area contributed by atoms with Crippen LogP contribution in [-0.4, -0.2) is 29.3 Å². The number of amides is 1. The molecule has 0 saturated heterocycles. The molecule has 0 saturated carbocycles. The minimum atomic E-state index is -0.496. The normalized spacial score (nSPS) is 13.2. The maximum Gasteiger partial charge on any atom is 0.407 e. The van der Waals surface area contributed by atoms with Gasteiger partial charge in [0.25, 0.3) is 0 Å². The van der Waals surface area contributed by atoms with Crippen LogP contribution in [0.2, 0.25) is 0 Å². The first-order valence-electron chi connectivity index (χ1n) is 5.47. The molecule has 1 unspecified atom stereocenters. The van der Waals surface area contributed by atoms with Gasteiger partial charge in [-0.15, -0.1) is 11.3 Å². The molecule has 0 radical (unpaired) electrons.